The standard InChI is InChI=1S/C17H18ClNO2/c1-4-21-16-8-7-13(18)10-14(16)17(20)19-15-9-11(2)5-6-12(15)3/h5-10H,4H2,1-3H3,(H,19,20). The molecule has 21 heavy (non-hydrogen) atoms. The largest absolute Gasteiger partial charge is 0.493 e. The van der Waals surface area contributed by atoms with Crippen molar-refractivity contribution < 1.29 is 9.53 Å². The minimum Gasteiger partial charge on any atom is -0.493 e. The van der Waals surface area contributed by atoms with Gasteiger partial charge in [-0.2, -0.15) is 0 Å². The number of benzene rings is 2. The highest BCUT2D eigenvalue weighted by Gasteiger charge is 2.14. The lowest BCUT2D eigenvalue weighted by Gasteiger charge is -2.13. The summed E-state index contributed by atoms with van der Waals surface area (Å²) >= 11 is 5.98. The van der Waals surface area contributed by atoms with Crippen LogP contribution in [0.4, 0.5) is 5.69 Å². The molecule has 4 heteroatoms. The van der Waals surface area contributed by atoms with Gasteiger partial charge in [-0.3, -0.25) is 4.79 Å². The Morgan fingerprint density at radius 2 is 1.95 bits per heavy atom. The van der Waals surface area contributed by atoms with E-state index in [1.54, 1.807) is 18.2 Å². The molecule has 0 heterocycles. The smallest absolute Gasteiger partial charge is 0.259 e. The van der Waals surface area contributed by atoms with Crippen LogP contribution in [0.3, 0.4) is 0 Å². The SMILES string of the molecule is CCOc1ccc(Cl)cc1C(=O)Nc1cc(C)ccc1C. The van der Waals surface area contributed by atoms with Crippen LogP contribution in [0, 0.1) is 13.8 Å². The summed E-state index contributed by atoms with van der Waals surface area (Å²) in [5, 5.41) is 3.42. The first kappa shape index (κ1) is 15.4. The lowest BCUT2D eigenvalue weighted by molar-refractivity contribution is 0.102. The molecule has 0 atom stereocenters. The van der Waals surface area contributed by atoms with Crippen LogP contribution < -0.4 is 10.1 Å². The van der Waals surface area contributed by atoms with Crippen molar-refractivity contribution >= 4 is 23.2 Å². The van der Waals surface area contributed by atoms with E-state index in [-0.39, 0.29) is 5.91 Å². The third-order valence-corrected chi connectivity index (χ3v) is 3.36. The zero-order valence-corrected chi connectivity index (χ0v) is 13.1. The molecule has 0 unspecified atom stereocenters. The fraction of sp³-hybridized carbons (Fsp3) is 0.235. The number of carbonyl (C=O) groups is 1. The highest BCUT2D eigenvalue weighted by atomic mass is 35.5. The average molecular weight is 304 g/mol. The van der Waals surface area contributed by atoms with Crippen LogP contribution in [0.15, 0.2) is 36.4 Å². The molecular weight excluding hydrogens is 286 g/mol. The van der Waals surface area contributed by atoms with Crippen LogP contribution in [0.1, 0.15) is 28.4 Å². The number of rotatable bonds is 4. The average Bonchev–Trinajstić information content (AvgIpc) is 2.45. The minimum absolute atomic E-state index is 0.227. The summed E-state index contributed by atoms with van der Waals surface area (Å²) in [4.78, 5) is 12.5. The minimum atomic E-state index is -0.227. The molecule has 2 aromatic rings. The maximum absolute atomic E-state index is 12.5. The van der Waals surface area contributed by atoms with Gasteiger partial charge < -0.3 is 10.1 Å². The van der Waals surface area contributed by atoms with Crippen molar-refractivity contribution in [3.63, 3.8) is 0 Å². The fourth-order valence-corrected chi connectivity index (χ4v) is 2.19. The number of aryl methyl sites for hydroxylation is 2. The lowest BCUT2D eigenvalue weighted by Crippen LogP contribution is -2.14. The molecule has 1 N–H and O–H groups in total. The molecule has 0 radical (unpaired) electrons. The summed E-state index contributed by atoms with van der Waals surface area (Å²) in [5.41, 5.74) is 3.33. The van der Waals surface area contributed by atoms with E-state index in [2.05, 4.69) is 5.32 Å². The van der Waals surface area contributed by atoms with Gasteiger partial charge in [-0.25, -0.2) is 0 Å². The second-order valence-electron chi connectivity index (χ2n) is 4.85. The number of hydrogen-bond acceptors (Lipinski definition) is 2. The monoisotopic (exact) mass is 303 g/mol. The van der Waals surface area contributed by atoms with Crippen LogP contribution in [-0.2, 0) is 0 Å². The Kier molecular flexibility index (Phi) is 4.86. The molecule has 0 aromatic heterocycles. The number of carbonyl (C=O) groups excluding carboxylic acids is 1. The molecular formula is C17H18ClNO2. The van der Waals surface area contributed by atoms with Crippen molar-refractivity contribution in [2.45, 2.75) is 20.8 Å². The number of nitrogens with one attached hydrogen (secondary N) is 1. The second-order valence-corrected chi connectivity index (χ2v) is 5.28. The number of ether oxygens (including phenoxy) is 1. The Bertz CT molecular complexity index is 668. The normalized spacial score (nSPS) is 10.3. The predicted octanol–water partition coefficient (Wildman–Crippen LogP) is 4.61. The van der Waals surface area contributed by atoms with Crippen molar-refractivity contribution in [1.82, 2.24) is 0 Å². The molecule has 0 fully saturated rings. The summed E-state index contributed by atoms with van der Waals surface area (Å²) in [5.74, 6) is 0.305. The van der Waals surface area contributed by atoms with E-state index in [4.69, 9.17) is 16.3 Å². The number of anilines is 1. The molecule has 0 spiro atoms. The first-order valence-corrected chi connectivity index (χ1v) is 7.20. The Hall–Kier alpha value is -2.00. The maximum Gasteiger partial charge on any atom is 0.259 e. The zero-order chi connectivity index (χ0) is 15.4. The Balaban J connectivity index is 2.31. The number of halogens is 1. The molecule has 1 amide bonds. The van der Waals surface area contributed by atoms with Gasteiger partial charge in [0.05, 0.1) is 12.2 Å². The van der Waals surface area contributed by atoms with E-state index in [0.29, 0.717) is 22.9 Å². The summed E-state index contributed by atoms with van der Waals surface area (Å²) in [6.45, 7) is 6.31. The van der Waals surface area contributed by atoms with Crippen molar-refractivity contribution in [3.8, 4) is 5.75 Å². The molecule has 0 aliphatic carbocycles. The summed E-state index contributed by atoms with van der Waals surface area (Å²) in [7, 11) is 0. The number of hydrogen-bond donors (Lipinski definition) is 1. The molecule has 0 aliphatic heterocycles. The van der Waals surface area contributed by atoms with Gasteiger partial charge in [0, 0.05) is 10.7 Å². The van der Waals surface area contributed by atoms with E-state index in [0.717, 1.165) is 16.8 Å². The summed E-state index contributed by atoms with van der Waals surface area (Å²) in [6.07, 6.45) is 0. The Labute approximate surface area is 129 Å². The van der Waals surface area contributed by atoms with Gasteiger partial charge in [0.1, 0.15) is 5.75 Å². The van der Waals surface area contributed by atoms with Crippen LogP contribution in [0.2, 0.25) is 5.02 Å². The number of amides is 1. The van der Waals surface area contributed by atoms with Gasteiger partial charge in [0.15, 0.2) is 0 Å². The van der Waals surface area contributed by atoms with E-state index in [1.807, 2.05) is 39.0 Å². The van der Waals surface area contributed by atoms with Gasteiger partial charge in [-0.1, -0.05) is 23.7 Å². The molecule has 3 nitrogen and oxygen atoms in total. The molecule has 0 aliphatic rings. The lowest BCUT2D eigenvalue weighted by atomic mass is 10.1. The van der Waals surface area contributed by atoms with Gasteiger partial charge in [0.2, 0.25) is 0 Å². The van der Waals surface area contributed by atoms with Crippen LogP contribution in [0.25, 0.3) is 0 Å². The molecule has 0 saturated heterocycles. The van der Waals surface area contributed by atoms with Crippen molar-refractivity contribution in [2.75, 3.05) is 11.9 Å². The van der Waals surface area contributed by atoms with Crippen LogP contribution >= 0.6 is 11.6 Å². The van der Waals surface area contributed by atoms with Gasteiger partial charge in [0.25, 0.3) is 5.91 Å². The predicted molar refractivity (Wildman–Crippen MR) is 86.5 cm³/mol. The highest BCUT2D eigenvalue weighted by Crippen LogP contribution is 2.25. The zero-order valence-electron chi connectivity index (χ0n) is 12.4. The van der Waals surface area contributed by atoms with Gasteiger partial charge in [-0.15, -0.1) is 0 Å². The van der Waals surface area contributed by atoms with E-state index >= 15 is 0 Å². The highest BCUT2D eigenvalue weighted by molar-refractivity contribution is 6.31. The van der Waals surface area contributed by atoms with Crippen LogP contribution in [-0.4, -0.2) is 12.5 Å². The van der Waals surface area contributed by atoms with Crippen molar-refractivity contribution in [3.05, 3.63) is 58.1 Å². The van der Waals surface area contributed by atoms with Crippen LogP contribution in [0.5, 0.6) is 5.75 Å². The molecule has 2 rings (SSSR count). The van der Waals surface area contributed by atoms with Crippen molar-refractivity contribution in [2.24, 2.45) is 0 Å². The first-order chi connectivity index (χ1) is 10.0. The summed E-state index contributed by atoms with van der Waals surface area (Å²) in [6, 6.07) is 11.0. The third kappa shape index (κ3) is 3.76. The quantitative estimate of drug-likeness (QED) is 0.896. The summed E-state index contributed by atoms with van der Waals surface area (Å²) < 4.78 is 5.49. The second kappa shape index (κ2) is 6.64. The topological polar surface area (TPSA) is 38.3 Å². The third-order valence-electron chi connectivity index (χ3n) is 3.13. The Morgan fingerprint density at radius 1 is 1.19 bits per heavy atom. The molecule has 0 saturated carbocycles. The van der Waals surface area contributed by atoms with Gasteiger partial charge in [-0.05, 0) is 56.2 Å². The van der Waals surface area contributed by atoms with E-state index in [9.17, 15) is 4.79 Å². The van der Waals surface area contributed by atoms with Crippen molar-refractivity contribution in [1.29, 1.82) is 0 Å². The Morgan fingerprint density at radius 3 is 2.67 bits per heavy atom. The molecule has 0 bridgehead atoms. The van der Waals surface area contributed by atoms with Gasteiger partial charge >= 0.3 is 0 Å². The first-order valence-electron chi connectivity index (χ1n) is 6.82. The van der Waals surface area contributed by atoms with E-state index < -0.39 is 0 Å². The van der Waals surface area contributed by atoms with E-state index in [1.165, 1.54) is 0 Å². The molecule has 110 valence electrons. The fourth-order valence-electron chi connectivity index (χ4n) is 2.02. The maximum atomic E-state index is 12.5. The molecule has 2 aromatic carbocycles.